The molecule has 29 heavy (non-hydrogen) atoms. The molecular weight excluding hydrogens is 367 g/mol. The smallest absolute Gasteiger partial charge is 0.191 e. The van der Waals surface area contributed by atoms with Crippen molar-refractivity contribution in [2.24, 2.45) is 4.99 Å². The molecule has 5 nitrogen and oxygen atoms in total. The van der Waals surface area contributed by atoms with Gasteiger partial charge in [0.15, 0.2) is 5.96 Å². The quantitative estimate of drug-likeness (QED) is 0.554. The van der Waals surface area contributed by atoms with Gasteiger partial charge < -0.3 is 15.4 Å². The lowest BCUT2D eigenvalue weighted by Crippen LogP contribution is -2.42. The summed E-state index contributed by atoms with van der Waals surface area (Å²) in [4.78, 5) is 7.18. The molecule has 0 aromatic heterocycles. The fraction of sp³-hybridized carbons (Fsp3) is 0.435. The fourth-order valence-electron chi connectivity index (χ4n) is 3.56. The summed E-state index contributed by atoms with van der Waals surface area (Å²) in [5.41, 5.74) is 2.15. The molecule has 0 radical (unpaired) electrons. The van der Waals surface area contributed by atoms with Gasteiger partial charge in [0.05, 0.1) is 31.8 Å². The Kier molecular flexibility index (Phi) is 8.02. The first kappa shape index (κ1) is 21.3. The number of morpholine rings is 1. The van der Waals surface area contributed by atoms with Crippen LogP contribution in [0, 0.1) is 5.82 Å². The first-order chi connectivity index (χ1) is 14.2. The SMILES string of the molecule is CCNC(=NCC(c1cccc(F)c1)N1CCOCC1)NC(C)c1ccccc1. The molecular formula is C23H31FN4O. The summed E-state index contributed by atoms with van der Waals surface area (Å²) in [6, 6.07) is 17.3. The summed E-state index contributed by atoms with van der Waals surface area (Å²) in [5.74, 6) is 0.547. The van der Waals surface area contributed by atoms with Gasteiger partial charge in [-0.3, -0.25) is 9.89 Å². The van der Waals surface area contributed by atoms with Crippen LogP contribution in [0.3, 0.4) is 0 Å². The van der Waals surface area contributed by atoms with Crippen LogP contribution in [0.4, 0.5) is 4.39 Å². The predicted molar refractivity (Wildman–Crippen MR) is 116 cm³/mol. The van der Waals surface area contributed by atoms with E-state index in [0.717, 1.165) is 31.2 Å². The number of ether oxygens (including phenoxy) is 1. The summed E-state index contributed by atoms with van der Waals surface area (Å²) >= 11 is 0. The first-order valence-electron chi connectivity index (χ1n) is 10.3. The van der Waals surface area contributed by atoms with Gasteiger partial charge in [0, 0.05) is 19.6 Å². The first-order valence-corrected chi connectivity index (χ1v) is 10.3. The van der Waals surface area contributed by atoms with E-state index < -0.39 is 0 Å². The van der Waals surface area contributed by atoms with Crippen molar-refractivity contribution in [1.82, 2.24) is 15.5 Å². The van der Waals surface area contributed by atoms with Gasteiger partial charge in [0.25, 0.3) is 0 Å². The molecule has 0 amide bonds. The second-order valence-corrected chi connectivity index (χ2v) is 7.22. The average Bonchev–Trinajstić information content (AvgIpc) is 2.75. The molecule has 2 atom stereocenters. The van der Waals surface area contributed by atoms with Gasteiger partial charge in [-0.05, 0) is 37.1 Å². The Morgan fingerprint density at radius 3 is 2.52 bits per heavy atom. The molecule has 1 heterocycles. The molecule has 2 unspecified atom stereocenters. The number of benzene rings is 2. The Labute approximate surface area is 173 Å². The van der Waals surface area contributed by atoms with Crippen LogP contribution in [-0.4, -0.2) is 50.3 Å². The second-order valence-electron chi connectivity index (χ2n) is 7.22. The summed E-state index contributed by atoms with van der Waals surface area (Å²) in [7, 11) is 0. The summed E-state index contributed by atoms with van der Waals surface area (Å²) in [5, 5.41) is 6.80. The highest BCUT2D eigenvalue weighted by Crippen LogP contribution is 2.23. The van der Waals surface area contributed by atoms with Gasteiger partial charge in [-0.15, -0.1) is 0 Å². The van der Waals surface area contributed by atoms with Gasteiger partial charge in [-0.1, -0.05) is 42.5 Å². The van der Waals surface area contributed by atoms with E-state index >= 15 is 0 Å². The minimum Gasteiger partial charge on any atom is -0.379 e. The second kappa shape index (κ2) is 10.9. The zero-order chi connectivity index (χ0) is 20.5. The number of halogens is 1. The lowest BCUT2D eigenvalue weighted by Gasteiger charge is -2.34. The minimum atomic E-state index is -0.215. The molecule has 1 fully saturated rings. The topological polar surface area (TPSA) is 48.9 Å². The van der Waals surface area contributed by atoms with Crippen LogP contribution in [0.5, 0.6) is 0 Å². The van der Waals surface area contributed by atoms with E-state index in [4.69, 9.17) is 9.73 Å². The number of nitrogens with one attached hydrogen (secondary N) is 2. The maximum atomic E-state index is 13.9. The molecule has 156 valence electrons. The highest BCUT2D eigenvalue weighted by molar-refractivity contribution is 5.80. The molecule has 0 bridgehead atoms. The Morgan fingerprint density at radius 2 is 1.83 bits per heavy atom. The summed E-state index contributed by atoms with van der Waals surface area (Å²) < 4.78 is 19.4. The van der Waals surface area contributed by atoms with Gasteiger partial charge in [0.2, 0.25) is 0 Å². The van der Waals surface area contributed by atoms with Crippen molar-refractivity contribution in [3.05, 3.63) is 71.5 Å². The number of aliphatic imine (C=N–C) groups is 1. The van der Waals surface area contributed by atoms with Crippen LogP contribution in [0.1, 0.15) is 37.1 Å². The molecule has 1 aliphatic heterocycles. The van der Waals surface area contributed by atoms with Crippen LogP contribution >= 0.6 is 0 Å². The number of guanidine groups is 1. The van der Waals surface area contributed by atoms with Crippen molar-refractivity contribution in [1.29, 1.82) is 0 Å². The number of hydrogen-bond donors (Lipinski definition) is 2. The van der Waals surface area contributed by atoms with E-state index in [0.29, 0.717) is 19.8 Å². The highest BCUT2D eigenvalue weighted by Gasteiger charge is 2.23. The molecule has 0 saturated carbocycles. The number of nitrogens with zero attached hydrogens (tertiary/aromatic N) is 2. The molecule has 1 aliphatic rings. The highest BCUT2D eigenvalue weighted by atomic mass is 19.1. The maximum Gasteiger partial charge on any atom is 0.191 e. The van der Waals surface area contributed by atoms with E-state index in [2.05, 4.69) is 41.5 Å². The molecule has 2 aromatic rings. The van der Waals surface area contributed by atoms with Crippen molar-refractivity contribution >= 4 is 5.96 Å². The standard InChI is InChI=1S/C23H31FN4O/c1-3-25-23(27-18(2)19-8-5-4-6-9-19)26-17-22(28-12-14-29-15-13-28)20-10-7-11-21(24)16-20/h4-11,16,18,22H,3,12-15,17H2,1-2H3,(H2,25,26,27). The van der Waals surface area contributed by atoms with E-state index in [1.807, 2.05) is 24.3 Å². The van der Waals surface area contributed by atoms with E-state index in [1.165, 1.54) is 11.6 Å². The van der Waals surface area contributed by atoms with Crippen molar-refractivity contribution in [2.45, 2.75) is 25.9 Å². The van der Waals surface area contributed by atoms with Gasteiger partial charge in [-0.25, -0.2) is 4.39 Å². The third-order valence-electron chi connectivity index (χ3n) is 5.14. The number of hydrogen-bond acceptors (Lipinski definition) is 3. The third kappa shape index (κ3) is 6.27. The Balaban J connectivity index is 1.77. The van der Waals surface area contributed by atoms with E-state index in [-0.39, 0.29) is 17.9 Å². The van der Waals surface area contributed by atoms with E-state index in [9.17, 15) is 4.39 Å². The lowest BCUT2D eigenvalue weighted by molar-refractivity contribution is 0.0179. The predicted octanol–water partition coefficient (Wildman–Crippen LogP) is 3.52. The van der Waals surface area contributed by atoms with Crippen LogP contribution in [0.15, 0.2) is 59.6 Å². The summed E-state index contributed by atoms with van der Waals surface area (Å²) in [6.07, 6.45) is 0. The van der Waals surface area contributed by atoms with Gasteiger partial charge in [0.1, 0.15) is 5.82 Å². The average molecular weight is 399 g/mol. The monoisotopic (exact) mass is 398 g/mol. The van der Waals surface area contributed by atoms with Gasteiger partial charge >= 0.3 is 0 Å². The Hall–Kier alpha value is -2.44. The van der Waals surface area contributed by atoms with Crippen molar-refractivity contribution in [3.63, 3.8) is 0 Å². The largest absolute Gasteiger partial charge is 0.379 e. The minimum absolute atomic E-state index is 0.0112. The van der Waals surface area contributed by atoms with Crippen molar-refractivity contribution in [3.8, 4) is 0 Å². The molecule has 6 heteroatoms. The Bertz CT molecular complexity index is 777. The van der Waals surface area contributed by atoms with Crippen molar-refractivity contribution < 1.29 is 9.13 Å². The number of rotatable bonds is 7. The molecule has 3 rings (SSSR count). The summed E-state index contributed by atoms with van der Waals surface area (Å²) in [6.45, 7) is 8.51. The normalized spacial score (nSPS) is 17.6. The van der Waals surface area contributed by atoms with E-state index in [1.54, 1.807) is 12.1 Å². The van der Waals surface area contributed by atoms with Crippen molar-refractivity contribution in [2.75, 3.05) is 39.4 Å². The third-order valence-corrected chi connectivity index (χ3v) is 5.14. The zero-order valence-electron chi connectivity index (χ0n) is 17.3. The zero-order valence-corrected chi connectivity index (χ0v) is 17.3. The Morgan fingerprint density at radius 1 is 1.10 bits per heavy atom. The fourth-order valence-corrected chi connectivity index (χ4v) is 3.56. The maximum absolute atomic E-state index is 13.9. The molecule has 2 aromatic carbocycles. The molecule has 1 saturated heterocycles. The van der Waals surface area contributed by atoms with Crippen LogP contribution in [0.25, 0.3) is 0 Å². The van der Waals surface area contributed by atoms with Crippen LogP contribution in [-0.2, 0) is 4.74 Å². The van der Waals surface area contributed by atoms with Gasteiger partial charge in [-0.2, -0.15) is 0 Å². The molecule has 2 N–H and O–H groups in total. The van der Waals surface area contributed by atoms with Crippen LogP contribution in [0.2, 0.25) is 0 Å². The molecule has 0 spiro atoms. The van der Waals surface area contributed by atoms with Crippen LogP contribution < -0.4 is 10.6 Å². The molecule has 0 aliphatic carbocycles. The lowest BCUT2D eigenvalue weighted by atomic mass is 10.0.